The Morgan fingerprint density at radius 3 is 2.44 bits per heavy atom. The standard InChI is InChI=1S/C18H18F4N4S/c1-3-25-16-14(6-5-11-23-16)17(24-25)27-26(4-2)15(18(20,21)22)12-7-9-13(19)10-8-12/h5-11,15H,3-4H2,1-2H3. The second kappa shape index (κ2) is 7.85. The van der Waals surface area contributed by atoms with Crippen molar-refractivity contribution in [2.24, 2.45) is 0 Å². The first-order valence-electron chi connectivity index (χ1n) is 8.43. The fourth-order valence-electron chi connectivity index (χ4n) is 2.84. The van der Waals surface area contributed by atoms with Crippen LogP contribution < -0.4 is 0 Å². The maximum absolute atomic E-state index is 13.8. The van der Waals surface area contributed by atoms with E-state index >= 15 is 0 Å². The summed E-state index contributed by atoms with van der Waals surface area (Å²) in [4.78, 5) is 4.27. The first-order chi connectivity index (χ1) is 12.8. The van der Waals surface area contributed by atoms with Crippen LogP contribution in [0.5, 0.6) is 0 Å². The first-order valence-corrected chi connectivity index (χ1v) is 9.20. The van der Waals surface area contributed by atoms with Gasteiger partial charge in [-0.05, 0) is 48.7 Å². The van der Waals surface area contributed by atoms with Crippen LogP contribution >= 0.6 is 11.9 Å². The number of benzene rings is 1. The highest BCUT2D eigenvalue weighted by Gasteiger charge is 2.45. The normalized spacial score (nSPS) is 13.4. The van der Waals surface area contributed by atoms with Crippen LogP contribution in [-0.2, 0) is 6.54 Å². The summed E-state index contributed by atoms with van der Waals surface area (Å²) in [7, 11) is 0. The molecule has 0 amide bonds. The Kier molecular flexibility index (Phi) is 5.71. The van der Waals surface area contributed by atoms with E-state index in [4.69, 9.17) is 0 Å². The summed E-state index contributed by atoms with van der Waals surface area (Å²) in [6, 6.07) is 6.05. The van der Waals surface area contributed by atoms with Gasteiger partial charge >= 0.3 is 6.18 Å². The Bertz CT molecular complexity index is 908. The summed E-state index contributed by atoms with van der Waals surface area (Å²) in [6.07, 6.45) is -2.90. The van der Waals surface area contributed by atoms with Gasteiger partial charge in [0, 0.05) is 19.3 Å². The number of aryl methyl sites for hydroxylation is 1. The van der Waals surface area contributed by atoms with Gasteiger partial charge in [0.15, 0.2) is 5.65 Å². The number of pyridine rings is 1. The van der Waals surface area contributed by atoms with Crippen LogP contribution in [0, 0.1) is 5.82 Å². The summed E-state index contributed by atoms with van der Waals surface area (Å²) in [5.41, 5.74) is 0.611. The molecule has 3 rings (SSSR count). The van der Waals surface area contributed by atoms with Crippen LogP contribution in [0.3, 0.4) is 0 Å². The van der Waals surface area contributed by atoms with Crippen molar-refractivity contribution in [3.8, 4) is 0 Å². The molecule has 1 aromatic carbocycles. The van der Waals surface area contributed by atoms with Crippen LogP contribution in [0.15, 0.2) is 47.6 Å². The number of hydrogen-bond acceptors (Lipinski definition) is 4. The molecule has 0 aliphatic heterocycles. The molecule has 0 N–H and O–H groups in total. The number of fused-ring (bicyclic) bond motifs is 1. The van der Waals surface area contributed by atoms with Gasteiger partial charge in [-0.2, -0.15) is 18.3 Å². The number of hydrogen-bond donors (Lipinski definition) is 0. The van der Waals surface area contributed by atoms with Crippen molar-refractivity contribution in [2.45, 2.75) is 37.6 Å². The van der Waals surface area contributed by atoms with Crippen molar-refractivity contribution in [1.82, 2.24) is 19.1 Å². The van der Waals surface area contributed by atoms with Crippen LogP contribution in [0.1, 0.15) is 25.5 Å². The summed E-state index contributed by atoms with van der Waals surface area (Å²) in [5, 5.41) is 5.57. The third-order valence-corrected chi connectivity index (χ3v) is 5.25. The van der Waals surface area contributed by atoms with E-state index in [1.807, 2.05) is 6.92 Å². The first kappa shape index (κ1) is 19.6. The molecule has 4 nitrogen and oxygen atoms in total. The lowest BCUT2D eigenvalue weighted by molar-refractivity contribution is -0.172. The van der Waals surface area contributed by atoms with E-state index in [0.29, 0.717) is 22.6 Å². The Hall–Kier alpha value is -2.13. The highest BCUT2D eigenvalue weighted by molar-refractivity contribution is 7.97. The van der Waals surface area contributed by atoms with Crippen molar-refractivity contribution in [2.75, 3.05) is 6.54 Å². The monoisotopic (exact) mass is 398 g/mol. The van der Waals surface area contributed by atoms with E-state index in [2.05, 4.69) is 10.1 Å². The summed E-state index contributed by atoms with van der Waals surface area (Å²) in [5.74, 6) is -0.575. The number of alkyl halides is 3. The maximum Gasteiger partial charge on any atom is 0.408 e. The van der Waals surface area contributed by atoms with Crippen LogP contribution in [0.2, 0.25) is 0 Å². The predicted molar refractivity (Wildman–Crippen MR) is 96.6 cm³/mol. The smallest absolute Gasteiger partial charge is 0.246 e. The van der Waals surface area contributed by atoms with Crippen LogP contribution in [0.4, 0.5) is 17.6 Å². The minimum Gasteiger partial charge on any atom is -0.246 e. The zero-order valence-electron chi connectivity index (χ0n) is 14.7. The molecule has 1 atom stereocenters. The van der Waals surface area contributed by atoms with Crippen molar-refractivity contribution >= 4 is 23.0 Å². The molecule has 0 radical (unpaired) electrons. The molecule has 2 heterocycles. The average molecular weight is 398 g/mol. The minimum absolute atomic E-state index is 0.0180. The quantitative estimate of drug-likeness (QED) is 0.421. The second-order valence-electron chi connectivity index (χ2n) is 5.82. The van der Waals surface area contributed by atoms with Gasteiger partial charge in [-0.3, -0.25) is 0 Å². The largest absolute Gasteiger partial charge is 0.408 e. The van der Waals surface area contributed by atoms with Gasteiger partial charge in [0.1, 0.15) is 16.9 Å². The lowest BCUT2D eigenvalue weighted by Gasteiger charge is -2.31. The van der Waals surface area contributed by atoms with Crippen molar-refractivity contribution < 1.29 is 17.6 Å². The molecule has 3 aromatic rings. The van der Waals surface area contributed by atoms with E-state index in [9.17, 15) is 17.6 Å². The minimum atomic E-state index is -4.53. The highest BCUT2D eigenvalue weighted by Crippen LogP contribution is 2.43. The second-order valence-corrected chi connectivity index (χ2v) is 6.85. The van der Waals surface area contributed by atoms with E-state index < -0.39 is 18.0 Å². The highest BCUT2D eigenvalue weighted by atomic mass is 32.2. The zero-order valence-corrected chi connectivity index (χ0v) is 15.6. The molecule has 27 heavy (non-hydrogen) atoms. The van der Waals surface area contributed by atoms with E-state index in [1.54, 1.807) is 29.9 Å². The molecular weight excluding hydrogens is 380 g/mol. The van der Waals surface area contributed by atoms with Gasteiger partial charge in [-0.15, -0.1) is 0 Å². The van der Waals surface area contributed by atoms with Gasteiger partial charge in [-0.1, -0.05) is 19.1 Å². The lowest BCUT2D eigenvalue weighted by Crippen LogP contribution is -2.34. The molecule has 9 heteroatoms. The molecule has 0 saturated carbocycles. The van der Waals surface area contributed by atoms with Crippen LogP contribution in [0.25, 0.3) is 11.0 Å². The average Bonchev–Trinajstić information content (AvgIpc) is 2.99. The number of rotatable bonds is 6. The molecule has 0 saturated heterocycles. The molecule has 2 aromatic heterocycles. The molecule has 0 fully saturated rings. The van der Waals surface area contributed by atoms with E-state index in [0.717, 1.165) is 24.1 Å². The Labute approximate surface area is 158 Å². The van der Waals surface area contributed by atoms with Gasteiger partial charge in [0.2, 0.25) is 0 Å². The summed E-state index contributed by atoms with van der Waals surface area (Å²) in [6.45, 7) is 4.21. The molecule has 0 bridgehead atoms. The van der Waals surface area contributed by atoms with Crippen molar-refractivity contribution in [3.05, 3.63) is 54.0 Å². The predicted octanol–water partition coefficient (Wildman–Crippen LogP) is 5.22. The molecule has 0 spiro atoms. The Morgan fingerprint density at radius 2 is 1.85 bits per heavy atom. The fraction of sp³-hybridized carbons (Fsp3) is 0.333. The van der Waals surface area contributed by atoms with Crippen molar-refractivity contribution in [1.29, 1.82) is 0 Å². The SMILES string of the molecule is CCN(Sc1nn(CC)c2ncccc12)C(c1ccc(F)cc1)C(F)(F)F. The number of aromatic nitrogens is 3. The van der Waals surface area contributed by atoms with Gasteiger partial charge in [-0.25, -0.2) is 18.4 Å². The van der Waals surface area contributed by atoms with Crippen molar-refractivity contribution in [3.63, 3.8) is 0 Å². The van der Waals surface area contributed by atoms with Crippen LogP contribution in [-0.4, -0.2) is 31.8 Å². The third-order valence-electron chi connectivity index (χ3n) is 4.07. The van der Waals surface area contributed by atoms with E-state index in [-0.39, 0.29) is 12.1 Å². The van der Waals surface area contributed by atoms with Gasteiger partial charge in [0.25, 0.3) is 0 Å². The summed E-state index contributed by atoms with van der Waals surface area (Å²) >= 11 is 0.936. The zero-order chi connectivity index (χ0) is 19.6. The van der Waals surface area contributed by atoms with Gasteiger partial charge in [0.05, 0.1) is 5.39 Å². The summed E-state index contributed by atoms with van der Waals surface area (Å²) < 4.78 is 57.6. The fourth-order valence-corrected chi connectivity index (χ4v) is 3.93. The number of halogens is 4. The van der Waals surface area contributed by atoms with Gasteiger partial charge < -0.3 is 0 Å². The third kappa shape index (κ3) is 4.08. The molecular formula is C18H18F4N4S. The Morgan fingerprint density at radius 1 is 1.15 bits per heavy atom. The maximum atomic E-state index is 13.8. The lowest BCUT2D eigenvalue weighted by atomic mass is 10.1. The topological polar surface area (TPSA) is 34.0 Å². The molecule has 1 unspecified atom stereocenters. The van der Waals surface area contributed by atoms with E-state index in [1.165, 1.54) is 16.4 Å². The molecule has 144 valence electrons. The molecule has 0 aliphatic carbocycles. The molecule has 0 aliphatic rings. The Balaban J connectivity index is 2.01. The number of nitrogens with zero attached hydrogens (tertiary/aromatic N) is 4.